The maximum Gasteiger partial charge on any atom is 0.306 e. The highest BCUT2D eigenvalue weighted by Gasteiger charge is 2.68. The van der Waals surface area contributed by atoms with Gasteiger partial charge in [-0.2, -0.15) is 0 Å². The number of benzene rings is 1. The van der Waals surface area contributed by atoms with Gasteiger partial charge in [-0.1, -0.05) is 31.6 Å². The lowest BCUT2D eigenvalue weighted by Crippen LogP contribution is -2.62. The molecule has 0 radical (unpaired) electrons. The molecule has 0 saturated heterocycles. The molecule has 7 atom stereocenters. The molecular formula is C34H45NO8. The van der Waals surface area contributed by atoms with Crippen LogP contribution in [0.3, 0.4) is 0 Å². The molecule has 3 N–H and O–H groups in total. The topological polar surface area (TPSA) is 139 Å². The van der Waals surface area contributed by atoms with Gasteiger partial charge in [0.2, 0.25) is 11.7 Å². The van der Waals surface area contributed by atoms with Gasteiger partial charge in [-0.3, -0.25) is 19.2 Å². The van der Waals surface area contributed by atoms with Crippen molar-refractivity contribution in [1.29, 1.82) is 0 Å². The number of ketones is 2. The fourth-order valence-electron chi connectivity index (χ4n) is 8.93. The number of carbonyl (C=O) groups is 4. The monoisotopic (exact) mass is 595 g/mol. The summed E-state index contributed by atoms with van der Waals surface area (Å²) in [4.78, 5) is 50.2. The van der Waals surface area contributed by atoms with Gasteiger partial charge in [0.1, 0.15) is 11.4 Å². The molecule has 1 aromatic carbocycles. The molecule has 3 fully saturated rings. The fraction of sp³-hybridized carbons (Fsp3) is 0.647. The Morgan fingerprint density at radius 1 is 1.05 bits per heavy atom. The van der Waals surface area contributed by atoms with Crippen LogP contribution in [0.15, 0.2) is 35.9 Å². The Morgan fingerprint density at radius 2 is 1.79 bits per heavy atom. The minimum atomic E-state index is -1.71. The number of aliphatic hydroxyl groups excluding tert-OH is 1. The van der Waals surface area contributed by atoms with Crippen LogP contribution in [0.1, 0.15) is 77.2 Å². The molecule has 43 heavy (non-hydrogen) atoms. The maximum atomic E-state index is 13.4. The maximum absolute atomic E-state index is 13.4. The van der Waals surface area contributed by atoms with E-state index in [1.165, 1.54) is 0 Å². The van der Waals surface area contributed by atoms with Crippen LogP contribution in [-0.2, 0) is 30.3 Å². The van der Waals surface area contributed by atoms with Crippen molar-refractivity contribution in [2.75, 3.05) is 20.3 Å². The summed E-state index contributed by atoms with van der Waals surface area (Å²) >= 11 is 0. The first-order valence-electron chi connectivity index (χ1n) is 15.6. The minimum Gasteiger partial charge on any atom is -0.497 e. The lowest BCUT2D eigenvalue weighted by Gasteiger charge is -2.60. The van der Waals surface area contributed by atoms with Crippen LogP contribution >= 0.6 is 0 Å². The molecule has 5 rings (SSSR count). The van der Waals surface area contributed by atoms with E-state index < -0.39 is 35.5 Å². The van der Waals surface area contributed by atoms with Crippen LogP contribution in [0, 0.1) is 28.6 Å². The first-order valence-corrected chi connectivity index (χ1v) is 15.6. The summed E-state index contributed by atoms with van der Waals surface area (Å²) in [6.07, 6.45) is 5.50. The molecule has 9 nitrogen and oxygen atoms in total. The van der Waals surface area contributed by atoms with Crippen LogP contribution in [0.4, 0.5) is 0 Å². The SMILES string of the molecule is COc1ccc(CCNC(=O)CCC(=O)OCC(=O)[C@@]2(O)CC[C@@H]3[C@@H]4CCC5=CC(=O)CC[C@]5(C)[C@H]4[C@H](O)C[C@@]32C)cc1. The van der Waals surface area contributed by atoms with E-state index in [0.29, 0.717) is 25.8 Å². The number of nitrogens with one attached hydrogen (secondary N) is 1. The highest BCUT2D eigenvalue weighted by atomic mass is 16.5. The third-order valence-electron chi connectivity index (χ3n) is 11.3. The van der Waals surface area contributed by atoms with Crippen LogP contribution in [0.5, 0.6) is 5.75 Å². The average molecular weight is 596 g/mol. The van der Waals surface area contributed by atoms with Crippen molar-refractivity contribution in [2.45, 2.75) is 89.8 Å². The summed E-state index contributed by atoms with van der Waals surface area (Å²) in [6, 6.07) is 7.56. The van der Waals surface area contributed by atoms with Crippen molar-refractivity contribution < 1.29 is 38.9 Å². The molecular weight excluding hydrogens is 550 g/mol. The molecule has 9 heteroatoms. The first kappa shape index (κ1) is 31.4. The molecule has 234 valence electrons. The van der Waals surface area contributed by atoms with E-state index in [4.69, 9.17) is 9.47 Å². The zero-order valence-electron chi connectivity index (χ0n) is 25.5. The van der Waals surface area contributed by atoms with Crippen LogP contribution in [0.2, 0.25) is 0 Å². The van der Waals surface area contributed by atoms with Crippen molar-refractivity contribution in [2.24, 2.45) is 28.6 Å². The number of hydrogen-bond donors (Lipinski definition) is 3. The van der Waals surface area contributed by atoms with E-state index in [0.717, 1.165) is 36.1 Å². The number of Topliss-reactive ketones (excluding diaryl/α,β-unsaturated/α-hetero) is 1. The van der Waals surface area contributed by atoms with Gasteiger partial charge in [0, 0.05) is 24.8 Å². The molecule has 0 bridgehead atoms. The molecule has 3 saturated carbocycles. The number of carbonyl (C=O) groups excluding carboxylic acids is 4. The van der Waals surface area contributed by atoms with Gasteiger partial charge >= 0.3 is 5.97 Å². The third kappa shape index (κ3) is 5.78. The highest BCUT2D eigenvalue weighted by Crippen LogP contribution is 2.67. The highest BCUT2D eigenvalue weighted by molar-refractivity contribution is 5.92. The second kappa shape index (κ2) is 12.2. The lowest BCUT2D eigenvalue weighted by molar-refractivity contribution is -0.184. The molecule has 1 aromatic rings. The fourth-order valence-corrected chi connectivity index (χ4v) is 8.93. The Hall–Kier alpha value is -3.04. The predicted molar refractivity (Wildman–Crippen MR) is 158 cm³/mol. The molecule has 0 aromatic heterocycles. The second-order valence-corrected chi connectivity index (χ2v) is 13.5. The lowest BCUT2D eigenvalue weighted by atomic mass is 9.45. The Bertz CT molecular complexity index is 1290. The van der Waals surface area contributed by atoms with Gasteiger partial charge in [-0.25, -0.2) is 0 Å². The van der Waals surface area contributed by atoms with Crippen LogP contribution < -0.4 is 10.1 Å². The number of methoxy groups -OCH3 is 1. The summed E-state index contributed by atoms with van der Waals surface area (Å²) in [7, 11) is 1.60. The van der Waals surface area contributed by atoms with E-state index in [1.807, 2.05) is 31.2 Å². The normalized spacial score (nSPS) is 34.7. The van der Waals surface area contributed by atoms with E-state index in [1.54, 1.807) is 13.2 Å². The van der Waals surface area contributed by atoms with Crippen LogP contribution in [0.25, 0.3) is 0 Å². The van der Waals surface area contributed by atoms with Crippen molar-refractivity contribution in [1.82, 2.24) is 5.32 Å². The number of rotatable bonds is 10. The van der Waals surface area contributed by atoms with Gasteiger partial charge in [0.15, 0.2) is 12.4 Å². The summed E-state index contributed by atoms with van der Waals surface area (Å²) in [5, 5.41) is 26.1. The van der Waals surface area contributed by atoms with E-state index in [2.05, 4.69) is 12.2 Å². The second-order valence-electron chi connectivity index (χ2n) is 13.5. The van der Waals surface area contributed by atoms with E-state index in [9.17, 15) is 29.4 Å². The van der Waals surface area contributed by atoms with Gasteiger partial charge in [0.05, 0.1) is 19.6 Å². The molecule has 0 heterocycles. The third-order valence-corrected chi connectivity index (χ3v) is 11.3. The largest absolute Gasteiger partial charge is 0.497 e. The van der Waals surface area contributed by atoms with Gasteiger partial charge < -0.3 is 25.0 Å². The van der Waals surface area contributed by atoms with Gasteiger partial charge in [-0.15, -0.1) is 0 Å². The number of fused-ring (bicyclic) bond motifs is 5. The summed E-state index contributed by atoms with van der Waals surface area (Å²) < 4.78 is 10.4. The van der Waals surface area contributed by atoms with Crippen molar-refractivity contribution in [3.05, 3.63) is 41.5 Å². The Balaban J connectivity index is 1.12. The first-order chi connectivity index (χ1) is 20.4. The predicted octanol–water partition coefficient (Wildman–Crippen LogP) is 3.48. The quantitative estimate of drug-likeness (QED) is 0.350. The number of hydrogen-bond acceptors (Lipinski definition) is 8. The van der Waals surface area contributed by atoms with Crippen LogP contribution in [-0.4, -0.2) is 65.6 Å². The molecule has 4 aliphatic carbocycles. The Morgan fingerprint density at radius 3 is 2.51 bits per heavy atom. The number of aliphatic hydroxyl groups is 2. The Kier molecular flexibility index (Phi) is 8.87. The zero-order chi connectivity index (χ0) is 31.0. The van der Waals surface area contributed by atoms with E-state index in [-0.39, 0.29) is 60.5 Å². The summed E-state index contributed by atoms with van der Waals surface area (Å²) in [5.41, 5.74) is -0.620. The van der Waals surface area contributed by atoms with Crippen molar-refractivity contribution in [3.8, 4) is 5.75 Å². The number of allylic oxidation sites excluding steroid dienone is 1. The number of amides is 1. The Labute approximate surface area is 253 Å². The van der Waals surface area contributed by atoms with Gasteiger partial charge in [0.25, 0.3) is 0 Å². The molecule has 0 aliphatic heterocycles. The van der Waals surface area contributed by atoms with Gasteiger partial charge in [-0.05, 0) is 91.9 Å². The molecule has 0 unspecified atom stereocenters. The number of esters is 1. The van der Waals surface area contributed by atoms with E-state index >= 15 is 0 Å². The minimum absolute atomic E-state index is 0.0173. The molecule has 1 amide bonds. The summed E-state index contributed by atoms with van der Waals surface area (Å²) in [5.74, 6) is -0.424. The smallest absolute Gasteiger partial charge is 0.306 e. The number of ether oxygens (including phenoxy) is 2. The standard InChI is InChI=1S/C34H45NO8/c1-32-15-12-23(36)18-22(32)6-9-25-26-13-16-34(41,33(26,2)19-27(37)31(25)32)28(38)20-43-30(40)11-10-29(39)35-17-14-21-4-7-24(42-3)8-5-21/h4-5,7-8,18,25-27,31,37,41H,6,9-17,19-20H2,1-3H3,(H,35,39)/t25-,26+,27+,31+,32-,33-,34-/m0/s1. The van der Waals surface area contributed by atoms with Crippen molar-refractivity contribution in [3.63, 3.8) is 0 Å². The van der Waals surface area contributed by atoms with Crippen molar-refractivity contribution >= 4 is 23.4 Å². The average Bonchev–Trinajstić information content (AvgIpc) is 3.25. The molecule has 0 spiro atoms. The molecule has 4 aliphatic rings. The summed E-state index contributed by atoms with van der Waals surface area (Å²) in [6.45, 7) is 3.93. The zero-order valence-corrected chi connectivity index (χ0v) is 25.5.